The molecule has 6 nitrogen and oxygen atoms in total. The van der Waals surface area contributed by atoms with E-state index in [0.717, 1.165) is 25.7 Å². The molecule has 0 saturated heterocycles. The van der Waals surface area contributed by atoms with Crippen LogP contribution >= 0.6 is 0 Å². The molecule has 26 heavy (non-hydrogen) atoms. The van der Waals surface area contributed by atoms with E-state index >= 15 is 0 Å². The van der Waals surface area contributed by atoms with Crippen LogP contribution in [0.3, 0.4) is 0 Å². The summed E-state index contributed by atoms with van der Waals surface area (Å²) in [6.07, 6.45) is 4.36. The predicted molar refractivity (Wildman–Crippen MR) is 102 cm³/mol. The van der Waals surface area contributed by atoms with Gasteiger partial charge in [0, 0.05) is 35.7 Å². The first-order valence-corrected chi connectivity index (χ1v) is 9.25. The number of anilines is 1. The van der Waals surface area contributed by atoms with Gasteiger partial charge in [-0.05, 0) is 57.9 Å². The number of hydrogen-bond acceptors (Lipinski definition) is 3. The van der Waals surface area contributed by atoms with Crippen LogP contribution in [0.1, 0.15) is 63.2 Å². The maximum atomic E-state index is 12.1. The van der Waals surface area contributed by atoms with Gasteiger partial charge in [0.1, 0.15) is 0 Å². The molecule has 1 aromatic rings. The first-order chi connectivity index (χ1) is 12.2. The van der Waals surface area contributed by atoms with Crippen LogP contribution in [0.5, 0.6) is 0 Å². The Kier molecular flexibility index (Phi) is 6.77. The van der Waals surface area contributed by atoms with Crippen molar-refractivity contribution in [1.82, 2.24) is 10.6 Å². The van der Waals surface area contributed by atoms with Gasteiger partial charge >= 0.3 is 0 Å². The second-order valence-corrected chi connectivity index (χ2v) is 7.85. The van der Waals surface area contributed by atoms with Crippen LogP contribution in [-0.2, 0) is 9.59 Å². The van der Waals surface area contributed by atoms with Crippen LogP contribution in [0.15, 0.2) is 24.3 Å². The van der Waals surface area contributed by atoms with Gasteiger partial charge in [0.15, 0.2) is 0 Å². The number of carbonyl (C=O) groups excluding carboxylic acids is 3. The summed E-state index contributed by atoms with van der Waals surface area (Å²) in [4.78, 5) is 36.0. The van der Waals surface area contributed by atoms with Gasteiger partial charge in [-0.25, -0.2) is 0 Å². The second kappa shape index (κ2) is 8.83. The van der Waals surface area contributed by atoms with Gasteiger partial charge in [0.2, 0.25) is 11.8 Å². The van der Waals surface area contributed by atoms with Crippen LogP contribution in [0.4, 0.5) is 5.69 Å². The summed E-state index contributed by atoms with van der Waals surface area (Å²) in [5.74, 6) is -0.136. The summed E-state index contributed by atoms with van der Waals surface area (Å²) in [5, 5.41) is 8.50. The molecular weight excluding hydrogens is 330 g/mol. The maximum absolute atomic E-state index is 12.1. The minimum atomic E-state index is -0.299. The van der Waals surface area contributed by atoms with Crippen molar-refractivity contribution < 1.29 is 14.4 Å². The smallest absolute Gasteiger partial charge is 0.251 e. The first kappa shape index (κ1) is 19.9. The molecule has 1 aliphatic rings. The van der Waals surface area contributed by atoms with E-state index in [2.05, 4.69) is 16.0 Å². The minimum absolute atomic E-state index is 0.0597. The van der Waals surface area contributed by atoms with Crippen molar-refractivity contribution in [3.05, 3.63) is 29.8 Å². The second-order valence-electron chi connectivity index (χ2n) is 7.85. The Morgan fingerprint density at radius 2 is 1.65 bits per heavy atom. The lowest BCUT2D eigenvalue weighted by atomic mass is 10.1. The van der Waals surface area contributed by atoms with Crippen molar-refractivity contribution in [3.63, 3.8) is 0 Å². The number of hydrogen-bond donors (Lipinski definition) is 3. The van der Waals surface area contributed by atoms with E-state index in [-0.39, 0.29) is 35.6 Å². The number of carbonyl (C=O) groups is 3. The molecule has 0 heterocycles. The molecule has 0 radical (unpaired) electrons. The summed E-state index contributed by atoms with van der Waals surface area (Å²) in [5.41, 5.74) is 0.874. The van der Waals surface area contributed by atoms with E-state index in [1.165, 1.54) is 0 Å². The fourth-order valence-electron chi connectivity index (χ4n) is 2.97. The SMILES string of the molecule is CC(C)(C)NC(=O)c1ccc(NC(=O)CCNC(=O)C2CCCC2)cc1. The highest BCUT2D eigenvalue weighted by molar-refractivity contribution is 5.96. The first-order valence-electron chi connectivity index (χ1n) is 9.25. The third-order valence-corrected chi connectivity index (χ3v) is 4.30. The molecule has 0 bridgehead atoms. The molecule has 0 unspecified atom stereocenters. The van der Waals surface area contributed by atoms with Crippen molar-refractivity contribution in [2.75, 3.05) is 11.9 Å². The van der Waals surface area contributed by atoms with Crippen LogP contribution in [0.25, 0.3) is 0 Å². The molecule has 1 fully saturated rings. The molecular formula is C20H29N3O3. The summed E-state index contributed by atoms with van der Waals surface area (Å²) < 4.78 is 0. The quantitative estimate of drug-likeness (QED) is 0.730. The highest BCUT2D eigenvalue weighted by atomic mass is 16.2. The standard InChI is InChI=1S/C20H29N3O3/c1-20(2,3)23-19(26)15-8-10-16(11-9-15)22-17(24)12-13-21-18(25)14-6-4-5-7-14/h8-11,14H,4-7,12-13H2,1-3H3,(H,21,25)(H,22,24)(H,23,26). The van der Waals surface area contributed by atoms with E-state index in [0.29, 0.717) is 17.8 Å². The molecule has 0 aromatic heterocycles. The Bertz CT molecular complexity index is 641. The average Bonchev–Trinajstić information content (AvgIpc) is 3.08. The predicted octanol–water partition coefficient (Wildman–Crippen LogP) is 2.85. The molecule has 1 saturated carbocycles. The highest BCUT2D eigenvalue weighted by Crippen LogP contribution is 2.24. The Labute approximate surface area is 155 Å². The minimum Gasteiger partial charge on any atom is -0.355 e. The normalized spacial score (nSPS) is 14.7. The Balaban J connectivity index is 1.74. The third-order valence-electron chi connectivity index (χ3n) is 4.30. The number of amides is 3. The van der Waals surface area contributed by atoms with Gasteiger partial charge in [0.25, 0.3) is 5.91 Å². The van der Waals surface area contributed by atoms with Crippen molar-refractivity contribution >= 4 is 23.4 Å². The lowest BCUT2D eigenvalue weighted by molar-refractivity contribution is -0.124. The molecule has 1 aliphatic carbocycles. The Morgan fingerprint density at radius 3 is 2.23 bits per heavy atom. The molecule has 142 valence electrons. The van der Waals surface area contributed by atoms with Gasteiger partial charge in [-0.1, -0.05) is 12.8 Å². The molecule has 2 rings (SSSR count). The van der Waals surface area contributed by atoms with Crippen molar-refractivity contribution in [2.45, 2.75) is 58.4 Å². The fraction of sp³-hybridized carbons (Fsp3) is 0.550. The zero-order valence-electron chi connectivity index (χ0n) is 15.9. The lowest BCUT2D eigenvalue weighted by Crippen LogP contribution is -2.40. The molecule has 3 amide bonds. The number of rotatable bonds is 6. The average molecular weight is 359 g/mol. The monoisotopic (exact) mass is 359 g/mol. The van der Waals surface area contributed by atoms with Crippen molar-refractivity contribution in [1.29, 1.82) is 0 Å². The van der Waals surface area contributed by atoms with E-state index in [1.54, 1.807) is 24.3 Å². The van der Waals surface area contributed by atoms with Gasteiger partial charge in [-0.3, -0.25) is 14.4 Å². The topological polar surface area (TPSA) is 87.3 Å². The summed E-state index contributed by atoms with van der Waals surface area (Å²) in [6, 6.07) is 6.76. The fourth-order valence-corrected chi connectivity index (χ4v) is 2.97. The summed E-state index contributed by atoms with van der Waals surface area (Å²) in [7, 11) is 0. The molecule has 0 atom stereocenters. The van der Waals surface area contributed by atoms with Crippen molar-refractivity contribution in [3.8, 4) is 0 Å². The van der Waals surface area contributed by atoms with Crippen LogP contribution in [-0.4, -0.2) is 29.8 Å². The highest BCUT2D eigenvalue weighted by Gasteiger charge is 2.22. The lowest BCUT2D eigenvalue weighted by Gasteiger charge is -2.20. The van der Waals surface area contributed by atoms with E-state index in [1.807, 2.05) is 20.8 Å². The number of nitrogens with one attached hydrogen (secondary N) is 3. The molecule has 0 spiro atoms. The van der Waals surface area contributed by atoms with E-state index in [9.17, 15) is 14.4 Å². The molecule has 1 aromatic carbocycles. The Hall–Kier alpha value is -2.37. The van der Waals surface area contributed by atoms with E-state index in [4.69, 9.17) is 0 Å². The zero-order chi connectivity index (χ0) is 19.2. The largest absolute Gasteiger partial charge is 0.355 e. The van der Waals surface area contributed by atoms with Gasteiger partial charge in [0.05, 0.1) is 0 Å². The van der Waals surface area contributed by atoms with Crippen molar-refractivity contribution in [2.24, 2.45) is 5.92 Å². The molecule has 6 heteroatoms. The van der Waals surface area contributed by atoms with Crippen LogP contribution < -0.4 is 16.0 Å². The molecule has 3 N–H and O–H groups in total. The maximum Gasteiger partial charge on any atom is 0.251 e. The third kappa shape index (κ3) is 6.50. The number of benzene rings is 1. The van der Waals surface area contributed by atoms with E-state index < -0.39 is 0 Å². The summed E-state index contributed by atoms with van der Waals surface area (Å²) in [6.45, 7) is 6.11. The van der Waals surface area contributed by atoms with Gasteiger partial charge < -0.3 is 16.0 Å². The van der Waals surface area contributed by atoms with Crippen LogP contribution in [0.2, 0.25) is 0 Å². The zero-order valence-corrected chi connectivity index (χ0v) is 15.9. The summed E-state index contributed by atoms with van der Waals surface area (Å²) >= 11 is 0. The van der Waals surface area contributed by atoms with Gasteiger partial charge in [-0.15, -0.1) is 0 Å². The Morgan fingerprint density at radius 1 is 1.04 bits per heavy atom. The van der Waals surface area contributed by atoms with Gasteiger partial charge in [-0.2, -0.15) is 0 Å². The van der Waals surface area contributed by atoms with Crippen LogP contribution in [0, 0.1) is 5.92 Å². The molecule has 0 aliphatic heterocycles.